The molecule has 1 fully saturated rings. The van der Waals surface area contributed by atoms with E-state index in [0.29, 0.717) is 13.1 Å². The zero-order chi connectivity index (χ0) is 14.7. The number of nitrogens with zero attached hydrogens (tertiary/aromatic N) is 1. The Kier molecular flexibility index (Phi) is 4.77. The molecule has 1 aliphatic heterocycles. The SMILES string of the molecule is CC1CN(CC(=O)Nc2cccc(Br)c2)CC1C(=O)O. The van der Waals surface area contributed by atoms with E-state index in [1.807, 2.05) is 36.1 Å². The molecule has 20 heavy (non-hydrogen) atoms. The number of anilines is 1. The largest absolute Gasteiger partial charge is 0.481 e. The van der Waals surface area contributed by atoms with Gasteiger partial charge in [0.1, 0.15) is 0 Å². The molecule has 1 heterocycles. The van der Waals surface area contributed by atoms with Gasteiger partial charge >= 0.3 is 5.97 Å². The van der Waals surface area contributed by atoms with Crippen molar-refractivity contribution in [2.24, 2.45) is 11.8 Å². The second-order valence-electron chi connectivity index (χ2n) is 5.17. The average Bonchev–Trinajstić information content (AvgIpc) is 2.70. The highest BCUT2D eigenvalue weighted by molar-refractivity contribution is 9.10. The van der Waals surface area contributed by atoms with Crippen LogP contribution in [0, 0.1) is 11.8 Å². The summed E-state index contributed by atoms with van der Waals surface area (Å²) in [6, 6.07) is 7.37. The summed E-state index contributed by atoms with van der Waals surface area (Å²) in [5.74, 6) is -1.21. The van der Waals surface area contributed by atoms with Crippen LogP contribution < -0.4 is 5.32 Å². The Morgan fingerprint density at radius 3 is 2.80 bits per heavy atom. The quantitative estimate of drug-likeness (QED) is 0.879. The van der Waals surface area contributed by atoms with Gasteiger partial charge < -0.3 is 10.4 Å². The summed E-state index contributed by atoms with van der Waals surface area (Å²) in [6.07, 6.45) is 0. The van der Waals surface area contributed by atoms with Crippen LogP contribution in [0.2, 0.25) is 0 Å². The molecule has 1 amide bonds. The maximum atomic E-state index is 11.9. The van der Waals surface area contributed by atoms with Gasteiger partial charge in [0.15, 0.2) is 0 Å². The fourth-order valence-electron chi connectivity index (χ4n) is 2.49. The Labute approximate surface area is 126 Å². The average molecular weight is 341 g/mol. The Morgan fingerprint density at radius 1 is 1.45 bits per heavy atom. The van der Waals surface area contributed by atoms with Crippen LogP contribution in [0.3, 0.4) is 0 Å². The lowest BCUT2D eigenvalue weighted by Crippen LogP contribution is -2.32. The van der Waals surface area contributed by atoms with E-state index in [1.165, 1.54) is 0 Å². The number of benzene rings is 1. The van der Waals surface area contributed by atoms with Gasteiger partial charge in [0.2, 0.25) is 5.91 Å². The number of rotatable bonds is 4. The van der Waals surface area contributed by atoms with Gasteiger partial charge in [-0.15, -0.1) is 0 Å². The first-order valence-corrected chi connectivity index (χ1v) is 7.25. The molecule has 0 bridgehead atoms. The number of carbonyl (C=O) groups is 2. The van der Waals surface area contributed by atoms with Crippen LogP contribution in [0.25, 0.3) is 0 Å². The van der Waals surface area contributed by atoms with Crippen molar-refractivity contribution < 1.29 is 14.7 Å². The van der Waals surface area contributed by atoms with Crippen molar-refractivity contribution in [3.05, 3.63) is 28.7 Å². The predicted molar refractivity (Wildman–Crippen MR) is 79.5 cm³/mol. The topological polar surface area (TPSA) is 69.6 Å². The number of hydrogen-bond donors (Lipinski definition) is 2. The van der Waals surface area contributed by atoms with Crippen LogP contribution in [0.5, 0.6) is 0 Å². The number of carboxylic acid groups (broad SMARTS) is 1. The summed E-state index contributed by atoms with van der Waals surface area (Å²) in [7, 11) is 0. The van der Waals surface area contributed by atoms with Crippen molar-refractivity contribution in [2.75, 3.05) is 25.0 Å². The minimum absolute atomic E-state index is 0.0752. The van der Waals surface area contributed by atoms with Crippen molar-refractivity contribution in [3.8, 4) is 0 Å². The number of hydrogen-bond acceptors (Lipinski definition) is 3. The van der Waals surface area contributed by atoms with E-state index >= 15 is 0 Å². The number of carbonyl (C=O) groups excluding carboxylic acids is 1. The molecule has 0 radical (unpaired) electrons. The molecule has 2 atom stereocenters. The Hall–Kier alpha value is -1.40. The summed E-state index contributed by atoms with van der Waals surface area (Å²) < 4.78 is 0.899. The van der Waals surface area contributed by atoms with Crippen LogP contribution in [0.1, 0.15) is 6.92 Å². The first kappa shape index (κ1) is 15.0. The van der Waals surface area contributed by atoms with Crippen molar-refractivity contribution in [2.45, 2.75) is 6.92 Å². The van der Waals surface area contributed by atoms with Crippen molar-refractivity contribution >= 4 is 33.5 Å². The smallest absolute Gasteiger partial charge is 0.308 e. The third-order valence-electron chi connectivity index (χ3n) is 3.48. The number of halogens is 1. The Morgan fingerprint density at radius 2 is 2.20 bits per heavy atom. The summed E-state index contributed by atoms with van der Waals surface area (Å²) in [5.41, 5.74) is 0.728. The monoisotopic (exact) mass is 340 g/mol. The molecule has 108 valence electrons. The highest BCUT2D eigenvalue weighted by Crippen LogP contribution is 2.23. The van der Waals surface area contributed by atoms with Gasteiger partial charge in [-0.1, -0.05) is 28.9 Å². The summed E-state index contributed by atoms with van der Waals surface area (Å²) >= 11 is 3.34. The van der Waals surface area contributed by atoms with Gasteiger partial charge in [0.05, 0.1) is 12.5 Å². The van der Waals surface area contributed by atoms with Crippen molar-refractivity contribution in [1.82, 2.24) is 4.90 Å². The predicted octanol–water partition coefficient (Wildman–Crippen LogP) is 2.04. The minimum Gasteiger partial charge on any atom is -0.481 e. The van der Waals surface area contributed by atoms with Gasteiger partial charge in [0, 0.05) is 23.2 Å². The van der Waals surface area contributed by atoms with Crippen molar-refractivity contribution in [1.29, 1.82) is 0 Å². The van der Waals surface area contributed by atoms with Crippen LogP contribution in [-0.4, -0.2) is 41.5 Å². The first-order chi connectivity index (χ1) is 9.45. The lowest BCUT2D eigenvalue weighted by molar-refractivity contribution is -0.142. The lowest BCUT2D eigenvalue weighted by atomic mass is 9.99. The summed E-state index contributed by atoms with van der Waals surface area (Å²) in [5, 5.41) is 11.9. The van der Waals surface area contributed by atoms with Gasteiger partial charge in [-0.05, 0) is 24.1 Å². The normalized spacial score (nSPS) is 22.7. The molecular formula is C14H17BrN2O3. The molecule has 2 N–H and O–H groups in total. The highest BCUT2D eigenvalue weighted by atomic mass is 79.9. The van der Waals surface area contributed by atoms with E-state index in [2.05, 4.69) is 21.2 Å². The molecule has 1 aromatic rings. The molecule has 1 aromatic carbocycles. The number of likely N-dealkylation sites (tertiary alicyclic amines) is 1. The molecule has 6 heteroatoms. The molecule has 2 rings (SSSR count). The van der Waals surface area contributed by atoms with Gasteiger partial charge in [-0.2, -0.15) is 0 Å². The van der Waals surface area contributed by atoms with Gasteiger partial charge in [0.25, 0.3) is 0 Å². The van der Waals surface area contributed by atoms with E-state index in [4.69, 9.17) is 5.11 Å². The van der Waals surface area contributed by atoms with E-state index in [9.17, 15) is 9.59 Å². The second kappa shape index (κ2) is 6.37. The first-order valence-electron chi connectivity index (χ1n) is 6.46. The van der Waals surface area contributed by atoms with Crippen LogP contribution >= 0.6 is 15.9 Å². The zero-order valence-electron chi connectivity index (χ0n) is 11.2. The molecule has 5 nitrogen and oxygen atoms in total. The Balaban J connectivity index is 1.88. The van der Waals surface area contributed by atoms with E-state index in [1.54, 1.807) is 0 Å². The third-order valence-corrected chi connectivity index (χ3v) is 3.97. The van der Waals surface area contributed by atoms with Crippen LogP contribution in [0.4, 0.5) is 5.69 Å². The number of nitrogens with one attached hydrogen (secondary N) is 1. The van der Waals surface area contributed by atoms with Gasteiger partial charge in [-0.3, -0.25) is 14.5 Å². The molecular weight excluding hydrogens is 324 g/mol. The standard InChI is InChI=1S/C14H17BrN2O3/c1-9-6-17(7-12(9)14(19)20)8-13(18)16-11-4-2-3-10(15)5-11/h2-5,9,12H,6-8H2,1H3,(H,16,18)(H,19,20). The number of carboxylic acids is 1. The summed E-state index contributed by atoms with van der Waals surface area (Å²) in [6.45, 7) is 3.21. The fraction of sp³-hybridized carbons (Fsp3) is 0.429. The number of aliphatic carboxylic acids is 1. The second-order valence-corrected chi connectivity index (χ2v) is 6.09. The van der Waals surface area contributed by atoms with E-state index in [0.717, 1.165) is 10.2 Å². The molecule has 0 aliphatic carbocycles. The molecule has 1 saturated heterocycles. The maximum absolute atomic E-state index is 11.9. The molecule has 2 unspecified atom stereocenters. The highest BCUT2D eigenvalue weighted by Gasteiger charge is 2.35. The van der Waals surface area contributed by atoms with E-state index in [-0.39, 0.29) is 24.3 Å². The minimum atomic E-state index is -0.785. The van der Waals surface area contributed by atoms with Crippen molar-refractivity contribution in [3.63, 3.8) is 0 Å². The zero-order valence-corrected chi connectivity index (χ0v) is 12.8. The molecule has 0 spiro atoms. The Bertz CT molecular complexity index is 521. The third kappa shape index (κ3) is 3.80. The van der Waals surface area contributed by atoms with E-state index < -0.39 is 5.97 Å². The molecule has 0 aromatic heterocycles. The number of amides is 1. The van der Waals surface area contributed by atoms with Crippen LogP contribution in [-0.2, 0) is 9.59 Å². The fourth-order valence-corrected chi connectivity index (χ4v) is 2.89. The maximum Gasteiger partial charge on any atom is 0.308 e. The summed E-state index contributed by atoms with van der Waals surface area (Å²) in [4.78, 5) is 24.9. The van der Waals surface area contributed by atoms with Crippen LogP contribution in [0.15, 0.2) is 28.7 Å². The lowest BCUT2D eigenvalue weighted by Gasteiger charge is -2.14. The molecule has 1 aliphatic rings. The van der Waals surface area contributed by atoms with Gasteiger partial charge in [-0.25, -0.2) is 0 Å². The molecule has 0 saturated carbocycles.